The van der Waals surface area contributed by atoms with Gasteiger partial charge in [0.1, 0.15) is 11.5 Å². The van der Waals surface area contributed by atoms with E-state index in [0.717, 1.165) is 29.3 Å². The summed E-state index contributed by atoms with van der Waals surface area (Å²) in [5, 5.41) is 4.22. The number of benzene rings is 2. The number of alkyl halides is 3. The van der Waals surface area contributed by atoms with E-state index in [1.54, 1.807) is 0 Å². The fraction of sp³-hybridized carbons (Fsp3) is 0.278. The molecule has 1 unspecified atom stereocenters. The molecular formula is C18H17F5N2O3S. The highest BCUT2D eigenvalue weighted by atomic mass is 32.2. The van der Waals surface area contributed by atoms with Gasteiger partial charge in [0.25, 0.3) is 10.1 Å². The molecule has 0 radical (unpaired) electrons. The molecule has 2 aromatic rings. The highest BCUT2D eigenvalue weighted by Gasteiger charge is 2.44. The summed E-state index contributed by atoms with van der Waals surface area (Å²) in [4.78, 5) is -0.444. The predicted octanol–water partition coefficient (Wildman–Crippen LogP) is 5.11. The van der Waals surface area contributed by atoms with Gasteiger partial charge >= 0.3 is 6.18 Å². The number of halogens is 5. The fourth-order valence-electron chi connectivity index (χ4n) is 2.69. The van der Waals surface area contributed by atoms with Crippen LogP contribution in [0, 0.1) is 11.6 Å². The molecule has 158 valence electrons. The van der Waals surface area contributed by atoms with Crippen LogP contribution >= 0.6 is 0 Å². The van der Waals surface area contributed by atoms with Crippen molar-refractivity contribution in [2.45, 2.75) is 37.4 Å². The summed E-state index contributed by atoms with van der Waals surface area (Å²) in [6.45, 7) is 4.00. The summed E-state index contributed by atoms with van der Waals surface area (Å²) < 4.78 is 97.7. The molecule has 0 spiro atoms. The first-order valence-corrected chi connectivity index (χ1v) is 9.87. The van der Waals surface area contributed by atoms with E-state index in [2.05, 4.69) is 5.10 Å². The second-order valence-corrected chi connectivity index (χ2v) is 7.17. The SMILES string of the molecule is CC.O=S(=O)(O)c1ccc(C2CC(C(F)(F)F)=NN2c2ccc(F)cc2F)cc1. The standard InChI is InChI=1S/C16H11F5N2O3S.C2H6/c17-10-3-6-13(12(18)7-10)23-14(8-15(22-23)16(19,20)21)9-1-4-11(5-2-9)27(24,25)26;1-2/h1-7,14H,8H2,(H,24,25,26);1-2H3. The van der Waals surface area contributed by atoms with E-state index in [9.17, 15) is 30.4 Å². The van der Waals surface area contributed by atoms with Crippen molar-refractivity contribution >= 4 is 21.5 Å². The Labute approximate surface area is 164 Å². The zero-order chi connectivity index (χ0) is 22.0. The minimum absolute atomic E-state index is 0.203. The average Bonchev–Trinajstić information content (AvgIpc) is 3.08. The first-order chi connectivity index (χ1) is 13.5. The molecule has 0 fully saturated rings. The zero-order valence-corrected chi connectivity index (χ0v) is 16.1. The van der Waals surface area contributed by atoms with Crippen LogP contribution in [0.3, 0.4) is 0 Å². The molecule has 29 heavy (non-hydrogen) atoms. The number of nitrogens with zero attached hydrogens (tertiary/aromatic N) is 2. The molecule has 1 heterocycles. The van der Waals surface area contributed by atoms with Gasteiger partial charge < -0.3 is 0 Å². The van der Waals surface area contributed by atoms with E-state index in [1.807, 2.05) is 13.8 Å². The molecule has 1 aliphatic rings. The maximum Gasteiger partial charge on any atom is 0.431 e. The van der Waals surface area contributed by atoms with Crippen LogP contribution in [0.15, 0.2) is 52.5 Å². The third kappa shape index (κ3) is 5.10. The molecule has 0 saturated heterocycles. The Morgan fingerprint density at radius 2 is 1.66 bits per heavy atom. The summed E-state index contributed by atoms with van der Waals surface area (Å²) in [5.41, 5.74) is -1.32. The third-order valence-electron chi connectivity index (χ3n) is 3.96. The maximum absolute atomic E-state index is 14.1. The summed E-state index contributed by atoms with van der Waals surface area (Å²) in [6, 6.07) is 5.68. The third-order valence-corrected chi connectivity index (χ3v) is 4.82. The Morgan fingerprint density at radius 1 is 1.07 bits per heavy atom. The van der Waals surface area contributed by atoms with Gasteiger partial charge in [0.15, 0.2) is 5.82 Å². The summed E-state index contributed by atoms with van der Waals surface area (Å²) in [7, 11) is -4.48. The van der Waals surface area contributed by atoms with E-state index in [1.165, 1.54) is 12.1 Å². The maximum atomic E-state index is 14.1. The van der Waals surface area contributed by atoms with Crippen molar-refractivity contribution in [3.05, 3.63) is 59.7 Å². The van der Waals surface area contributed by atoms with E-state index in [0.29, 0.717) is 6.07 Å². The van der Waals surface area contributed by atoms with Gasteiger partial charge in [0, 0.05) is 12.5 Å². The van der Waals surface area contributed by atoms with Gasteiger partial charge in [-0.1, -0.05) is 26.0 Å². The van der Waals surface area contributed by atoms with Crippen LogP contribution in [0.4, 0.5) is 27.6 Å². The van der Waals surface area contributed by atoms with E-state index >= 15 is 0 Å². The van der Waals surface area contributed by atoms with Crippen molar-refractivity contribution in [2.24, 2.45) is 5.10 Å². The van der Waals surface area contributed by atoms with E-state index in [-0.39, 0.29) is 11.3 Å². The molecule has 0 saturated carbocycles. The lowest BCUT2D eigenvalue weighted by atomic mass is 10.0. The summed E-state index contributed by atoms with van der Waals surface area (Å²) in [6.07, 6.45) is -5.37. The minimum atomic E-state index is -4.75. The van der Waals surface area contributed by atoms with Gasteiger partial charge in [0.2, 0.25) is 0 Å². The van der Waals surface area contributed by atoms with Gasteiger partial charge in [-0.2, -0.15) is 26.7 Å². The Balaban J connectivity index is 0.00000145. The summed E-state index contributed by atoms with van der Waals surface area (Å²) >= 11 is 0. The van der Waals surface area contributed by atoms with Crippen molar-refractivity contribution in [1.82, 2.24) is 0 Å². The number of anilines is 1. The monoisotopic (exact) mass is 436 g/mol. The molecule has 1 aliphatic heterocycles. The van der Waals surface area contributed by atoms with Crippen molar-refractivity contribution < 1.29 is 34.9 Å². The Kier molecular flexibility index (Phi) is 6.63. The van der Waals surface area contributed by atoms with E-state index in [4.69, 9.17) is 4.55 Å². The number of hydrogen-bond acceptors (Lipinski definition) is 4. The molecule has 2 aromatic carbocycles. The molecule has 1 N–H and O–H groups in total. The zero-order valence-electron chi connectivity index (χ0n) is 15.3. The molecule has 0 aromatic heterocycles. The molecule has 1 atom stereocenters. The van der Waals surface area contributed by atoms with Crippen molar-refractivity contribution in [1.29, 1.82) is 0 Å². The van der Waals surface area contributed by atoms with Crippen molar-refractivity contribution in [2.75, 3.05) is 5.01 Å². The quantitative estimate of drug-likeness (QED) is 0.537. The van der Waals surface area contributed by atoms with Crippen LogP contribution in [-0.2, 0) is 10.1 Å². The van der Waals surface area contributed by atoms with Gasteiger partial charge in [0.05, 0.1) is 16.6 Å². The Morgan fingerprint density at radius 3 is 2.14 bits per heavy atom. The molecule has 0 aliphatic carbocycles. The Bertz CT molecular complexity index is 1010. The molecular weight excluding hydrogens is 419 g/mol. The molecule has 0 bridgehead atoms. The fourth-order valence-corrected chi connectivity index (χ4v) is 3.17. The molecule has 0 amide bonds. The van der Waals surface area contributed by atoms with Crippen LogP contribution in [0.1, 0.15) is 31.9 Å². The van der Waals surface area contributed by atoms with Crippen LogP contribution in [0.25, 0.3) is 0 Å². The lowest BCUT2D eigenvalue weighted by Crippen LogP contribution is -2.21. The first-order valence-electron chi connectivity index (χ1n) is 8.43. The van der Waals surface area contributed by atoms with Crippen molar-refractivity contribution in [3.63, 3.8) is 0 Å². The smallest absolute Gasteiger partial charge is 0.282 e. The number of rotatable bonds is 3. The van der Waals surface area contributed by atoms with Gasteiger partial charge in [-0.15, -0.1) is 0 Å². The topological polar surface area (TPSA) is 70.0 Å². The second-order valence-electron chi connectivity index (χ2n) is 5.75. The van der Waals surface area contributed by atoms with Gasteiger partial charge in [-0.3, -0.25) is 9.56 Å². The first kappa shape index (κ1) is 22.8. The van der Waals surface area contributed by atoms with Gasteiger partial charge in [-0.05, 0) is 29.8 Å². The predicted molar refractivity (Wildman–Crippen MR) is 97.3 cm³/mol. The van der Waals surface area contributed by atoms with Crippen LogP contribution < -0.4 is 5.01 Å². The van der Waals surface area contributed by atoms with Crippen molar-refractivity contribution in [3.8, 4) is 0 Å². The summed E-state index contributed by atoms with van der Waals surface area (Å²) in [5.74, 6) is -1.99. The van der Waals surface area contributed by atoms with Gasteiger partial charge in [-0.25, -0.2) is 8.78 Å². The lowest BCUT2D eigenvalue weighted by Gasteiger charge is -2.24. The normalized spacial score (nSPS) is 16.9. The number of hydrazone groups is 1. The van der Waals surface area contributed by atoms with E-state index < -0.39 is 51.0 Å². The molecule has 3 rings (SSSR count). The minimum Gasteiger partial charge on any atom is -0.282 e. The second kappa shape index (κ2) is 8.46. The number of hydrogen-bond donors (Lipinski definition) is 1. The van der Waals surface area contributed by atoms with Crippen LogP contribution in [0.5, 0.6) is 0 Å². The lowest BCUT2D eigenvalue weighted by molar-refractivity contribution is -0.0600. The molecule has 11 heteroatoms. The molecule has 5 nitrogen and oxygen atoms in total. The van der Waals surface area contributed by atoms with Crippen LogP contribution in [-0.4, -0.2) is 24.9 Å². The largest absolute Gasteiger partial charge is 0.431 e. The van der Waals surface area contributed by atoms with Crippen LogP contribution in [0.2, 0.25) is 0 Å². The highest BCUT2D eigenvalue weighted by Crippen LogP contribution is 2.40. The highest BCUT2D eigenvalue weighted by molar-refractivity contribution is 7.85. The average molecular weight is 436 g/mol. The Hall–Kier alpha value is -2.53.